The monoisotopic (exact) mass is 443 g/mol. The van der Waals surface area contributed by atoms with E-state index >= 15 is 0 Å². The summed E-state index contributed by atoms with van der Waals surface area (Å²) in [5, 5.41) is 13.9. The summed E-state index contributed by atoms with van der Waals surface area (Å²) in [7, 11) is 1.85. The summed E-state index contributed by atoms with van der Waals surface area (Å²) in [6, 6.07) is 7.02. The van der Waals surface area contributed by atoms with Crippen LogP contribution in [0.15, 0.2) is 40.4 Å². The van der Waals surface area contributed by atoms with Crippen molar-refractivity contribution in [1.82, 2.24) is 19.9 Å². The van der Waals surface area contributed by atoms with Gasteiger partial charge in [-0.05, 0) is 32.0 Å². The third-order valence-corrected chi connectivity index (χ3v) is 5.39. The topological polar surface area (TPSA) is 95.1 Å². The van der Waals surface area contributed by atoms with E-state index in [4.69, 9.17) is 20.9 Å². The number of aromatic nitrogens is 4. The van der Waals surface area contributed by atoms with Crippen molar-refractivity contribution in [1.29, 1.82) is 0 Å². The van der Waals surface area contributed by atoms with Crippen LogP contribution >= 0.6 is 22.9 Å². The second-order valence-corrected chi connectivity index (χ2v) is 7.90. The molecule has 10 heteroatoms. The van der Waals surface area contributed by atoms with Crippen LogP contribution in [0.25, 0.3) is 11.3 Å². The van der Waals surface area contributed by atoms with Crippen molar-refractivity contribution >= 4 is 34.0 Å². The Morgan fingerprint density at radius 1 is 1.37 bits per heavy atom. The number of anilines is 1. The molecule has 0 aliphatic heterocycles. The Labute approximate surface area is 181 Å². The largest absolute Gasteiger partial charge is 0.489 e. The normalized spacial score (nSPS) is 10.9. The van der Waals surface area contributed by atoms with E-state index in [-0.39, 0.29) is 12.3 Å². The molecule has 0 aliphatic rings. The van der Waals surface area contributed by atoms with Crippen molar-refractivity contribution in [2.75, 3.05) is 5.32 Å². The molecule has 0 unspecified atom stereocenters. The van der Waals surface area contributed by atoms with E-state index < -0.39 is 5.91 Å². The fourth-order valence-electron chi connectivity index (χ4n) is 2.91. The van der Waals surface area contributed by atoms with Gasteiger partial charge in [0.15, 0.2) is 10.8 Å². The predicted octanol–water partition coefficient (Wildman–Crippen LogP) is 4.63. The number of halogens is 1. The van der Waals surface area contributed by atoms with Crippen molar-refractivity contribution < 1.29 is 14.1 Å². The van der Waals surface area contributed by atoms with Gasteiger partial charge in [-0.2, -0.15) is 5.10 Å². The molecular weight excluding hydrogens is 426 g/mol. The van der Waals surface area contributed by atoms with E-state index in [1.165, 1.54) is 11.3 Å². The molecule has 1 amide bonds. The number of amides is 1. The number of nitrogens with one attached hydrogen (secondary N) is 1. The molecule has 30 heavy (non-hydrogen) atoms. The maximum absolute atomic E-state index is 12.8. The number of carbonyl (C=O) groups excluding carboxylic acids is 1. The van der Waals surface area contributed by atoms with E-state index in [0.29, 0.717) is 27.2 Å². The van der Waals surface area contributed by atoms with Gasteiger partial charge in [0.25, 0.3) is 5.91 Å². The fourth-order valence-corrected chi connectivity index (χ4v) is 3.80. The fraction of sp³-hybridized carbons (Fsp3) is 0.200. The Hall–Kier alpha value is -3.17. The summed E-state index contributed by atoms with van der Waals surface area (Å²) in [5.74, 6) is 0.680. The molecule has 3 aromatic heterocycles. The molecule has 0 bridgehead atoms. The van der Waals surface area contributed by atoms with Gasteiger partial charge in [-0.1, -0.05) is 22.8 Å². The molecule has 0 aliphatic carbocycles. The van der Waals surface area contributed by atoms with E-state index in [9.17, 15) is 4.79 Å². The Morgan fingerprint density at radius 2 is 2.20 bits per heavy atom. The zero-order chi connectivity index (χ0) is 21.3. The van der Waals surface area contributed by atoms with E-state index in [0.717, 1.165) is 17.0 Å². The Morgan fingerprint density at radius 3 is 2.93 bits per heavy atom. The van der Waals surface area contributed by atoms with Gasteiger partial charge in [-0.3, -0.25) is 14.8 Å². The maximum atomic E-state index is 12.8. The molecule has 154 valence electrons. The van der Waals surface area contributed by atoms with Crippen molar-refractivity contribution in [3.8, 4) is 17.0 Å². The van der Waals surface area contributed by atoms with Crippen LogP contribution in [0.5, 0.6) is 5.75 Å². The highest BCUT2D eigenvalue weighted by molar-refractivity contribution is 7.14. The second-order valence-electron chi connectivity index (χ2n) is 6.61. The number of hydrogen-bond acceptors (Lipinski definition) is 7. The van der Waals surface area contributed by atoms with Crippen LogP contribution in [0.3, 0.4) is 0 Å². The first kappa shape index (κ1) is 20.1. The lowest BCUT2D eigenvalue weighted by Crippen LogP contribution is -2.15. The summed E-state index contributed by atoms with van der Waals surface area (Å²) in [5.41, 5.74) is 3.26. The van der Waals surface area contributed by atoms with Gasteiger partial charge in [-0.15, -0.1) is 11.3 Å². The quantitative estimate of drug-likeness (QED) is 0.466. The van der Waals surface area contributed by atoms with E-state index in [1.807, 2.05) is 25.5 Å². The smallest absolute Gasteiger partial charge is 0.280 e. The summed E-state index contributed by atoms with van der Waals surface area (Å²) in [6.07, 6.45) is 1.89. The SMILES string of the molecule is Cc1nn(C)cc1-c1csc(NC(=O)c2noc(C)c2COc2cccc(Cl)c2)n1. The zero-order valence-electron chi connectivity index (χ0n) is 16.5. The van der Waals surface area contributed by atoms with Gasteiger partial charge in [-0.25, -0.2) is 4.98 Å². The Kier molecular flexibility index (Phi) is 5.56. The molecule has 4 aromatic rings. The number of thiazole rings is 1. The van der Waals surface area contributed by atoms with Crippen molar-refractivity contribution in [3.05, 3.63) is 63.6 Å². The highest BCUT2D eigenvalue weighted by Crippen LogP contribution is 2.27. The molecular formula is C20H18ClN5O3S. The summed E-state index contributed by atoms with van der Waals surface area (Å²) in [4.78, 5) is 17.3. The van der Waals surface area contributed by atoms with Crippen LogP contribution in [0.2, 0.25) is 5.02 Å². The van der Waals surface area contributed by atoms with Gasteiger partial charge >= 0.3 is 0 Å². The highest BCUT2D eigenvalue weighted by Gasteiger charge is 2.22. The average Bonchev–Trinajstić information content (AvgIpc) is 3.39. The van der Waals surface area contributed by atoms with Crippen LogP contribution in [-0.4, -0.2) is 25.8 Å². The summed E-state index contributed by atoms with van der Waals surface area (Å²) >= 11 is 7.31. The number of ether oxygens (including phenoxy) is 1. The molecule has 4 rings (SSSR count). The number of nitrogens with zero attached hydrogens (tertiary/aromatic N) is 4. The predicted molar refractivity (Wildman–Crippen MR) is 114 cm³/mol. The molecule has 0 saturated carbocycles. The van der Waals surface area contributed by atoms with E-state index in [2.05, 4.69) is 20.6 Å². The molecule has 8 nitrogen and oxygen atoms in total. The lowest BCUT2D eigenvalue weighted by Gasteiger charge is -2.07. The zero-order valence-corrected chi connectivity index (χ0v) is 18.0. The average molecular weight is 444 g/mol. The van der Waals surface area contributed by atoms with Gasteiger partial charge in [0, 0.05) is 29.2 Å². The van der Waals surface area contributed by atoms with Gasteiger partial charge in [0.2, 0.25) is 0 Å². The van der Waals surface area contributed by atoms with Crippen LogP contribution < -0.4 is 10.1 Å². The molecule has 0 radical (unpaired) electrons. The molecule has 0 saturated heterocycles. The highest BCUT2D eigenvalue weighted by atomic mass is 35.5. The second kappa shape index (κ2) is 8.29. The maximum Gasteiger partial charge on any atom is 0.280 e. The number of rotatable bonds is 6. The molecule has 1 aromatic carbocycles. The standard InChI is InChI=1S/C20H18ClN5O3S/c1-11-15(8-26(3)24-11)17-10-30-20(22-17)23-19(27)18-16(12(2)29-25-18)9-28-14-6-4-5-13(21)7-14/h4-8,10H,9H2,1-3H3,(H,22,23,27). The van der Waals surface area contributed by atoms with Gasteiger partial charge < -0.3 is 9.26 Å². The van der Waals surface area contributed by atoms with Gasteiger partial charge in [0.1, 0.15) is 18.1 Å². The number of benzene rings is 1. The minimum Gasteiger partial charge on any atom is -0.489 e. The van der Waals surface area contributed by atoms with Gasteiger partial charge in [0.05, 0.1) is 17.0 Å². The van der Waals surface area contributed by atoms with Crippen molar-refractivity contribution in [2.45, 2.75) is 20.5 Å². The molecule has 3 heterocycles. The number of aryl methyl sites for hydroxylation is 3. The third-order valence-electron chi connectivity index (χ3n) is 4.39. The first-order chi connectivity index (χ1) is 14.4. The Balaban J connectivity index is 1.49. The van der Waals surface area contributed by atoms with Crippen LogP contribution in [0, 0.1) is 13.8 Å². The van der Waals surface area contributed by atoms with Crippen LogP contribution in [-0.2, 0) is 13.7 Å². The summed E-state index contributed by atoms with van der Waals surface area (Å²) in [6.45, 7) is 3.76. The van der Waals surface area contributed by atoms with Crippen LogP contribution in [0.1, 0.15) is 27.5 Å². The minimum atomic E-state index is -0.416. The molecule has 0 spiro atoms. The lowest BCUT2D eigenvalue weighted by atomic mass is 10.2. The summed E-state index contributed by atoms with van der Waals surface area (Å²) < 4.78 is 12.7. The van der Waals surface area contributed by atoms with Crippen LogP contribution in [0.4, 0.5) is 5.13 Å². The van der Waals surface area contributed by atoms with Crippen molar-refractivity contribution in [2.24, 2.45) is 7.05 Å². The first-order valence-corrected chi connectivity index (χ1v) is 10.3. The van der Waals surface area contributed by atoms with Crippen molar-refractivity contribution in [3.63, 3.8) is 0 Å². The molecule has 0 atom stereocenters. The Bertz CT molecular complexity index is 1210. The molecule has 0 fully saturated rings. The lowest BCUT2D eigenvalue weighted by molar-refractivity contribution is 0.101. The first-order valence-electron chi connectivity index (χ1n) is 9.01. The number of hydrogen-bond donors (Lipinski definition) is 1. The van der Waals surface area contributed by atoms with E-state index in [1.54, 1.807) is 35.9 Å². The minimum absolute atomic E-state index is 0.121. The number of carbonyl (C=O) groups is 1. The molecule has 1 N–H and O–H groups in total. The third kappa shape index (κ3) is 4.22.